The maximum atomic E-state index is 4.48. The minimum absolute atomic E-state index is 0.652. The smallest absolute Gasteiger partial charge is 0.231 e. The summed E-state index contributed by atoms with van der Waals surface area (Å²) >= 11 is 0. The Labute approximate surface area is 116 Å². The molecule has 1 rings (SSSR count). The lowest BCUT2D eigenvalue weighted by Gasteiger charge is -2.19. The maximum absolute atomic E-state index is 4.48. The van der Waals surface area contributed by atoms with Crippen molar-refractivity contribution in [1.29, 1.82) is 0 Å². The number of anilines is 3. The zero-order chi connectivity index (χ0) is 14.3. The van der Waals surface area contributed by atoms with Crippen molar-refractivity contribution >= 4 is 17.8 Å². The first-order valence-corrected chi connectivity index (χ1v) is 6.96. The molecule has 6 heteroatoms. The van der Waals surface area contributed by atoms with Crippen molar-refractivity contribution in [3.8, 4) is 0 Å². The monoisotopic (exact) mass is 266 g/mol. The van der Waals surface area contributed by atoms with Gasteiger partial charge in [-0.25, -0.2) is 0 Å². The summed E-state index contributed by atoms with van der Waals surface area (Å²) in [6, 6.07) is 0. The van der Waals surface area contributed by atoms with Crippen LogP contribution in [0.2, 0.25) is 0 Å². The molecule has 0 aliphatic carbocycles. The standard InChI is InChI=1S/C13H26N6/c1-6-8-10-19(5)13-16-11(14-9-7-2)15-12(17-13)18(3)4/h6-10H2,1-5H3,(H,14,15,16,17). The third-order valence-corrected chi connectivity index (χ3v) is 2.73. The van der Waals surface area contributed by atoms with Crippen molar-refractivity contribution in [2.24, 2.45) is 0 Å². The second kappa shape index (κ2) is 7.76. The summed E-state index contributed by atoms with van der Waals surface area (Å²) in [5.74, 6) is 2.07. The van der Waals surface area contributed by atoms with Crippen LogP contribution in [0.4, 0.5) is 17.8 Å². The maximum Gasteiger partial charge on any atom is 0.231 e. The van der Waals surface area contributed by atoms with Crippen LogP contribution in [0.1, 0.15) is 33.1 Å². The zero-order valence-electron chi connectivity index (χ0n) is 12.8. The summed E-state index contributed by atoms with van der Waals surface area (Å²) < 4.78 is 0. The largest absolute Gasteiger partial charge is 0.354 e. The van der Waals surface area contributed by atoms with Gasteiger partial charge < -0.3 is 15.1 Å². The van der Waals surface area contributed by atoms with E-state index in [1.165, 1.54) is 0 Å². The lowest BCUT2D eigenvalue weighted by molar-refractivity contribution is 0.745. The van der Waals surface area contributed by atoms with E-state index in [2.05, 4.69) is 39.0 Å². The highest BCUT2D eigenvalue weighted by Gasteiger charge is 2.11. The molecule has 0 radical (unpaired) electrons. The van der Waals surface area contributed by atoms with Crippen molar-refractivity contribution in [1.82, 2.24) is 15.0 Å². The van der Waals surface area contributed by atoms with Crippen LogP contribution in [0.5, 0.6) is 0 Å². The van der Waals surface area contributed by atoms with Crippen LogP contribution < -0.4 is 15.1 Å². The summed E-state index contributed by atoms with van der Waals surface area (Å²) in [4.78, 5) is 17.3. The van der Waals surface area contributed by atoms with Gasteiger partial charge in [0.1, 0.15) is 0 Å². The number of nitrogens with zero attached hydrogens (tertiary/aromatic N) is 5. The molecule has 6 nitrogen and oxygen atoms in total. The average Bonchev–Trinajstić information content (AvgIpc) is 2.42. The van der Waals surface area contributed by atoms with Gasteiger partial charge in [0.25, 0.3) is 0 Å². The number of hydrogen-bond donors (Lipinski definition) is 1. The topological polar surface area (TPSA) is 57.2 Å². The summed E-state index contributed by atoms with van der Waals surface area (Å²) in [6.07, 6.45) is 3.35. The van der Waals surface area contributed by atoms with Gasteiger partial charge in [0.05, 0.1) is 0 Å². The van der Waals surface area contributed by atoms with Crippen molar-refractivity contribution in [2.45, 2.75) is 33.1 Å². The Bertz CT molecular complexity index is 379. The molecule has 0 fully saturated rings. The molecule has 0 saturated carbocycles. The molecule has 0 spiro atoms. The highest BCUT2D eigenvalue weighted by molar-refractivity contribution is 5.44. The van der Waals surface area contributed by atoms with Crippen LogP contribution >= 0.6 is 0 Å². The van der Waals surface area contributed by atoms with E-state index in [0.29, 0.717) is 11.9 Å². The quantitative estimate of drug-likeness (QED) is 0.776. The second-order valence-corrected chi connectivity index (χ2v) is 4.86. The fraction of sp³-hybridized carbons (Fsp3) is 0.769. The van der Waals surface area contributed by atoms with Gasteiger partial charge in [0.15, 0.2) is 0 Å². The molecule has 108 valence electrons. The van der Waals surface area contributed by atoms with Gasteiger partial charge in [-0.1, -0.05) is 20.3 Å². The van der Waals surface area contributed by atoms with Crippen LogP contribution in [-0.2, 0) is 0 Å². The van der Waals surface area contributed by atoms with Crippen LogP contribution in [0.3, 0.4) is 0 Å². The summed E-state index contributed by atoms with van der Waals surface area (Å²) in [5, 5.41) is 3.23. The van der Waals surface area contributed by atoms with Crippen molar-refractivity contribution in [3.05, 3.63) is 0 Å². The fourth-order valence-electron chi connectivity index (χ4n) is 1.54. The molecule has 19 heavy (non-hydrogen) atoms. The van der Waals surface area contributed by atoms with Crippen molar-refractivity contribution in [2.75, 3.05) is 49.3 Å². The molecule has 0 aliphatic heterocycles. The van der Waals surface area contributed by atoms with Gasteiger partial charge >= 0.3 is 0 Å². The molecule has 1 aromatic rings. The molecule has 0 aliphatic rings. The minimum Gasteiger partial charge on any atom is -0.354 e. The van der Waals surface area contributed by atoms with E-state index in [-0.39, 0.29) is 0 Å². The van der Waals surface area contributed by atoms with E-state index < -0.39 is 0 Å². The molecule has 0 unspecified atom stereocenters. The Morgan fingerprint density at radius 1 is 0.947 bits per heavy atom. The van der Waals surface area contributed by atoms with E-state index in [9.17, 15) is 0 Å². The molecular formula is C13H26N6. The van der Waals surface area contributed by atoms with E-state index in [1.807, 2.05) is 26.0 Å². The average molecular weight is 266 g/mol. The van der Waals surface area contributed by atoms with Crippen molar-refractivity contribution in [3.63, 3.8) is 0 Å². The lowest BCUT2D eigenvalue weighted by atomic mass is 10.3. The molecule has 0 bridgehead atoms. The third kappa shape index (κ3) is 4.89. The highest BCUT2D eigenvalue weighted by Crippen LogP contribution is 2.14. The Hall–Kier alpha value is -1.59. The highest BCUT2D eigenvalue weighted by atomic mass is 15.3. The lowest BCUT2D eigenvalue weighted by Crippen LogP contribution is -2.24. The zero-order valence-corrected chi connectivity index (χ0v) is 12.8. The molecule has 0 aromatic carbocycles. The van der Waals surface area contributed by atoms with E-state index in [0.717, 1.165) is 38.3 Å². The van der Waals surface area contributed by atoms with Crippen molar-refractivity contribution < 1.29 is 0 Å². The SMILES string of the molecule is CCCCN(C)c1nc(NCCC)nc(N(C)C)n1. The molecule has 1 heterocycles. The first-order valence-electron chi connectivity index (χ1n) is 6.96. The number of hydrogen-bond acceptors (Lipinski definition) is 6. The first kappa shape index (κ1) is 15.5. The Morgan fingerprint density at radius 2 is 1.63 bits per heavy atom. The molecule has 1 N–H and O–H groups in total. The Kier molecular flexibility index (Phi) is 6.32. The second-order valence-electron chi connectivity index (χ2n) is 4.86. The number of unbranched alkanes of at least 4 members (excludes halogenated alkanes) is 1. The van der Waals surface area contributed by atoms with Gasteiger partial charge in [-0.2, -0.15) is 15.0 Å². The van der Waals surface area contributed by atoms with Gasteiger partial charge in [0, 0.05) is 34.2 Å². The number of rotatable bonds is 8. The van der Waals surface area contributed by atoms with Gasteiger partial charge in [-0.15, -0.1) is 0 Å². The summed E-state index contributed by atoms with van der Waals surface area (Å²) in [7, 11) is 5.90. The predicted molar refractivity (Wildman–Crippen MR) is 81.1 cm³/mol. The normalized spacial score (nSPS) is 10.4. The first-order chi connectivity index (χ1) is 9.08. The molecule has 0 atom stereocenters. The fourth-order valence-corrected chi connectivity index (χ4v) is 1.54. The molecule has 0 saturated heterocycles. The Balaban J connectivity index is 2.91. The minimum atomic E-state index is 0.652. The Morgan fingerprint density at radius 3 is 2.21 bits per heavy atom. The summed E-state index contributed by atoms with van der Waals surface area (Å²) in [5.41, 5.74) is 0. The van der Waals surface area contributed by atoms with Gasteiger partial charge in [-0.05, 0) is 12.8 Å². The van der Waals surface area contributed by atoms with Crippen LogP contribution in [0.25, 0.3) is 0 Å². The predicted octanol–water partition coefficient (Wildman–Crippen LogP) is 2.00. The van der Waals surface area contributed by atoms with E-state index >= 15 is 0 Å². The molecule has 1 aromatic heterocycles. The van der Waals surface area contributed by atoms with Crippen LogP contribution in [-0.4, -0.2) is 49.2 Å². The third-order valence-electron chi connectivity index (χ3n) is 2.73. The molecule has 0 amide bonds. The van der Waals surface area contributed by atoms with Gasteiger partial charge in [-0.3, -0.25) is 0 Å². The summed E-state index contributed by atoms with van der Waals surface area (Å²) in [6.45, 7) is 6.13. The van der Waals surface area contributed by atoms with E-state index in [4.69, 9.17) is 0 Å². The number of aromatic nitrogens is 3. The molecular weight excluding hydrogens is 240 g/mol. The van der Waals surface area contributed by atoms with Crippen LogP contribution in [0, 0.1) is 0 Å². The van der Waals surface area contributed by atoms with Gasteiger partial charge in [0.2, 0.25) is 17.8 Å². The van der Waals surface area contributed by atoms with E-state index in [1.54, 1.807) is 0 Å². The van der Waals surface area contributed by atoms with Crippen LogP contribution in [0.15, 0.2) is 0 Å². The number of nitrogens with one attached hydrogen (secondary N) is 1.